The number of fused-ring (bicyclic) bond motifs is 1. The van der Waals surface area contributed by atoms with Crippen molar-refractivity contribution in [2.75, 3.05) is 7.11 Å². The van der Waals surface area contributed by atoms with Crippen molar-refractivity contribution in [1.29, 1.82) is 0 Å². The predicted octanol–water partition coefficient (Wildman–Crippen LogP) is 2.30. The number of aromatic nitrogens is 2. The van der Waals surface area contributed by atoms with Crippen LogP contribution in [-0.2, 0) is 0 Å². The average Bonchev–Trinajstić information content (AvgIpc) is 2.56. The van der Waals surface area contributed by atoms with Crippen molar-refractivity contribution in [3.05, 3.63) is 64.2 Å². The fourth-order valence-electron chi connectivity index (χ4n) is 2.27. The molecule has 0 aliphatic carbocycles. The highest BCUT2D eigenvalue weighted by Crippen LogP contribution is 2.25. The summed E-state index contributed by atoms with van der Waals surface area (Å²) < 4.78 is 6.30. The molecule has 6 heteroatoms. The van der Waals surface area contributed by atoms with E-state index < -0.39 is 0 Å². The van der Waals surface area contributed by atoms with E-state index in [2.05, 4.69) is 10.1 Å². The maximum absolute atomic E-state index is 12.5. The number of aryl methyl sites for hydroxylation is 1. The molecular weight excluding hydrogens is 294 g/mol. The summed E-state index contributed by atoms with van der Waals surface area (Å²) in [5, 5.41) is 14.3. The number of nitrogens with zero attached hydrogens (tertiary/aromatic N) is 3. The number of ether oxygens (including phenoxy) is 1. The second kappa shape index (κ2) is 5.92. The van der Waals surface area contributed by atoms with E-state index in [9.17, 15) is 9.90 Å². The lowest BCUT2D eigenvalue weighted by atomic mass is 10.2. The van der Waals surface area contributed by atoms with Crippen molar-refractivity contribution in [3.63, 3.8) is 0 Å². The molecule has 0 aliphatic heterocycles. The van der Waals surface area contributed by atoms with Gasteiger partial charge in [-0.1, -0.05) is 12.1 Å². The predicted molar refractivity (Wildman–Crippen MR) is 88.4 cm³/mol. The Hall–Kier alpha value is -3.15. The molecule has 3 rings (SSSR count). The number of phenolic OH excluding ortho intramolecular Hbond substituents is 1. The van der Waals surface area contributed by atoms with Gasteiger partial charge in [-0.2, -0.15) is 9.78 Å². The number of aromatic hydroxyl groups is 1. The topological polar surface area (TPSA) is 76.7 Å². The Balaban J connectivity index is 2.06. The molecule has 6 nitrogen and oxygen atoms in total. The lowest BCUT2D eigenvalue weighted by molar-refractivity contribution is 0.373. The Morgan fingerprint density at radius 3 is 2.83 bits per heavy atom. The van der Waals surface area contributed by atoms with Gasteiger partial charge in [-0.3, -0.25) is 4.79 Å². The van der Waals surface area contributed by atoms with E-state index in [1.165, 1.54) is 24.1 Å². The van der Waals surface area contributed by atoms with Crippen LogP contribution in [0.3, 0.4) is 0 Å². The molecule has 0 saturated carbocycles. The lowest BCUT2D eigenvalue weighted by Crippen LogP contribution is -2.20. The Bertz CT molecular complexity index is 961. The molecule has 0 aliphatic rings. The number of phenols is 1. The monoisotopic (exact) mass is 309 g/mol. The van der Waals surface area contributed by atoms with E-state index in [1.807, 2.05) is 6.07 Å². The maximum atomic E-state index is 12.5. The molecule has 0 amide bonds. The van der Waals surface area contributed by atoms with E-state index in [4.69, 9.17) is 4.74 Å². The Morgan fingerprint density at radius 1 is 1.26 bits per heavy atom. The number of para-hydroxylation sites is 1. The van der Waals surface area contributed by atoms with Crippen molar-refractivity contribution in [1.82, 2.24) is 9.66 Å². The van der Waals surface area contributed by atoms with Crippen LogP contribution in [0.2, 0.25) is 0 Å². The van der Waals surface area contributed by atoms with Gasteiger partial charge in [0.2, 0.25) is 0 Å². The molecule has 23 heavy (non-hydrogen) atoms. The van der Waals surface area contributed by atoms with Gasteiger partial charge in [0.15, 0.2) is 11.5 Å². The summed E-state index contributed by atoms with van der Waals surface area (Å²) in [5.41, 5.74) is 1.11. The normalized spacial score (nSPS) is 11.2. The number of hydrogen-bond acceptors (Lipinski definition) is 5. The van der Waals surface area contributed by atoms with E-state index in [0.717, 1.165) is 0 Å². The highest BCUT2D eigenvalue weighted by molar-refractivity contribution is 5.81. The van der Waals surface area contributed by atoms with Crippen molar-refractivity contribution >= 4 is 17.1 Å². The molecule has 0 bridgehead atoms. The minimum absolute atomic E-state index is 0.0466. The van der Waals surface area contributed by atoms with Gasteiger partial charge in [-0.05, 0) is 42.8 Å². The second-order valence-electron chi connectivity index (χ2n) is 4.97. The summed E-state index contributed by atoms with van der Waals surface area (Å²) in [6.07, 6.45) is 1.52. The first-order valence-corrected chi connectivity index (χ1v) is 7.00. The van der Waals surface area contributed by atoms with Gasteiger partial charge >= 0.3 is 0 Å². The standard InChI is InChI=1S/C17H15N3O3/c1-11-19-14-6-4-3-5-13(14)17(22)20(11)18-10-12-7-8-15(21)16(9-12)23-2/h3-10,21H,1-2H3/b18-10+. The molecule has 0 saturated heterocycles. The molecule has 116 valence electrons. The molecule has 0 fully saturated rings. The number of benzene rings is 2. The molecule has 0 radical (unpaired) electrons. The molecule has 3 aromatic rings. The van der Waals surface area contributed by atoms with E-state index in [-0.39, 0.29) is 11.3 Å². The minimum Gasteiger partial charge on any atom is -0.504 e. The van der Waals surface area contributed by atoms with Crippen LogP contribution in [0.15, 0.2) is 52.4 Å². The Kier molecular flexibility index (Phi) is 3.80. The largest absolute Gasteiger partial charge is 0.504 e. The summed E-state index contributed by atoms with van der Waals surface area (Å²) >= 11 is 0. The molecule has 2 aromatic carbocycles. The molecule has 1 aromatic heterocycles. The van der Waals surface area contributed by atoms with Crippen LogP contribution in [0.1, 0.15) is 11.4 Å². The Morgan fingerprint density at radius 2 is 2.04 bits per heavy atom. The maximum Gasteiger partial charge on any atom is 0.282 e. The van der Waals surface area contributed by atoms with Crippen molar-refractivity contribution in [2.24, 2.45) is 5.10 Å². The van der Waals surface area contributed by atoms with Crippen LogP contribution in [0.25, 0.3) is 10.9 Å². The van der Waals surface area contributed by atoms with Crippen LogP contribution >= 0.6 is 0 Å². The van der Waals surface area contributed by atoms with Gasteiger partial charge in [0.05, 0.1) is 24.2 Å². The lowest BCUT2D eigenvalue weighted by Gasteiger charge is -2.06. The van der Waals surface area contributed by atoms with Gasteiger partial charge in [-0.25, -0.2) is 4.98 Å². The first-order chi connectivity index (χ1) is 11.1. The minimum atomic E-state index is -0.227. The van der Waals surface area contributed by atoms with Crippen LogP contribution in [0.4, 0.5) is 0 Å². The summed E-state index contributed by atoms with van der Waals surface area (Å²) in [6, 6.07) is 12.0. The van der Waals surface area contributed by atoms with Gasteiger partial charge in [0.25, 0.3) is 5.56 Å². The fourth-order valence-corrected chi connectivity index (χ4v) is 2.27. The molecule has 0 atom stereocenters. The highest BCUT2D eigenvalue weighted by atomic mass is 16.5. The number of hydrogen-bond donors (Lipinski definition) is 1. The fraction of sp³-hybridized carbons (Fsp3) is 0.118. The SMILES string of the molecule is COc1cc(/C=N/n2c(C)nc3ccccc3c2=O)ccc1O. The summed E-state index contributed by atoms with van der Waals surface area (Å²) in [5.74, 6) is 0.885. The average molecular weight is 309 g/mol. The van der Waals surface area contributed by atoms with Crippen LogP contribution in [0.5, 0.6) is 11.5 Å². The van der Waals surface area contributed by atoms with Gasteiger partial charge in [0.1, 0.15) is 5.82 Å². The van der Waals surface area contributed by atoms with E-state index >= 15 is 0 Å². The zero-order valence-corrected chi connectivity index (χ0v) is 12.7. The molecule has 1 N–H and O–H groups in total. The van der Waals surface area contributed by atoms with E-state index in [0.29, 0.717) is 28.0 Å². The van der Waals surface area contributed by atoms with Crippen LogP contribution in [0, 0.1) is 6.92 Å². The zero-order chi connectivity index (χ0) is 16.4. The van der Waals surface area contributed by atoms with Crippen LogP contribution in [-0.4, -0.2) is 28.1 Å². The van der Waals surface area contributed by atoms with Gasteiger partial charge in [-0.15, -0.1) is 0 Å². The summed E-state index contributed by atoms with van der Waals surface area (Å²) in [7, 11) is 1.47. The molecule has 0 unspecified atom stereocenters. The van der Waals surface area contributed by atoms with Crippen molar-refractivity contribution in [2.45, 2.75) is 6.92 Å². The third kappa shape index (κ3) is 2.78. The first-order valence-electron chi connectivity index (χ1n) is 7.00. The van der Waals surface area contributed by atoms with E-state index in [1.54, 1.807) is 37.3 Å². The second-order valence-corrected chi connectivity index (χ2v) is 4.97. The third-order valence-electron chi connectivity index (χ3n) is 3.44. The quantitative estimate of drug-likeness (QED) is 0.753. The molecular formula is C17H15N3O3. The molecule has 1 heterocycles. The smallest absolute Gasteiger partial charge is 0.282 e. The first kappa shape index (κ1) is 14.8. The van der Waals surface area contributed by atoms with Gasteiger partial charge < -0.3 is 9.84 Å². The Labute approximate surface area is 132 Å². The van der Waals surface area contributed by atoms with Crippen molar-refractivity contribution < 1.29 is 9.84 Å². The van der Waals surface area contributed by atoms with Crippen LogP contribution < -0.4 is 10.3 Å². The van der Waals surface area contributed by atoms with Crippen molar-refractivity contribution in [3.8, 4) is 11.5 Å². The van der Waals surface area contributed by atoms with Gasteiger partial charge in [0, 0.05) is 0 Å². The molecule has 0 spiro atoms. The highest BCUT2D eigenvalue weighted by Gasteiger charge is 2.06. The number of methoxy groups -OCH3 is 1. The zero-order valence-electron chi connectivity index (χ0n) is 12.7. The number of rotatable bonds is 3. The summed E-state index contributed by atoms with van der Waals surface area (Å²) in [6.45, 7) is 1.72. The third-order valence-corrected chi connectivity index (χ3v) is 3.44. The summed E-state index contributed by atoms with van der Waals surface area (Å²) in [4.78, 5) is 16.9.